The lowest BCUT2D eigenvalue weighted by molar-refractivity contribution is 0.256. The summed E-state index contributed by atoms with van der Waals surface area (Å²) in [5.74, 6) is 1.06. The van der Waals surface area contributed by atoms with Gasteiger partial charge in [0.1, 0.15) is 11.6 Å². The Morgan fingerprint density at radius 2 is 1.92 bits per heavy atom. The SMILES string of the molecule is CCC(C)COc1ccc(F)cc1. The minimum atomic E-state index is -0.226. The van der Waals surface area contributed by atoms with Crippen molar-refractivity contribution in [3.63, 3.8) is 0 Å². The molecule has 1 aromatic carbocycles. The van der Waals surface area contributed by atoms with Crippen molar-refractivity contribution < 1.29 is 9.13 Å². The smallest absolute Gasteiger partial charge is 0.123 e. The molecule has 1 rings (SSSR count). The Balaban J connectivity index is 2.41. The minimum Gasteiger partial charge on any atom is -0.493 e. The molecule has 0 saturated carbocycles. The van der Waals surface area contributed by atoms with E-state index in [2.05, 4.69) is 13.8 Å². The molecule has 0 aliphatic heterocycles. The van der Waals surface area contributed by atoms with Crippen molar-refractivity contribution in [2.24, 2.45) is 5.92 Å². The van der Waals surface area contributed by atoms with Crippen molar-refractivity contribution in [3.8, 4) is 5.75 Å². The Morgan fingerprint density at radius 3 is 2.46 bits per heavy atom. The third-order valence-corrected chi connectivity index (χ3v) is 2.05. The zero-order valence-electron chi connectivity index (χ0n) is 8.09. The molecule has 0 fully saturated rings. The monoisotopic (exact) mass is 182 g/mol. The molecule has 0 bridgehead atoms. The van der Waals surface area contributed by atoms with Crippen LogP contribution in [0.25, 0.3) is 0 Å². The molecular weight excluding hydrogens is 167 g/mol. The predicted molar refractivity (Wildman–Crippen MR) is 51.4 cm³/mol. The molecule has 2 heteroatoms. The summed E-state index contributed by atoms with van der Waals surface area (Å²) in [7, 11) is 0. The maximum Gasteiger partial charge on any atom is 0.123 e. The highest BCUT2D eigenvalue weighted by atomic mass is 19.1. The Bertz CT molecular complexity index is 243. The molecule has 0 radical (unpaired) electrons. The van der Waals surface area contributed by atoms with E-state index in [4.69, 9.17) is 4.74 Å². The summed E-state index contributed by atoms with van der Waals surface area (Å²) in [4.78, 5) is 0. The topological polar surface area (TPSA) is 9.23 Å². The van der Waals surface area contributed by atoms with Gasteiger partial charge in [-0.15, -0.1) is 0 Å². The maximum absolute atomic E-state index is 12.5. The summed E-state index contributed by atoms with van der Waals surface area (Å²) in [6.07, 6.45) is 1.10. The van der Waals surface area contributed by atoms with E-state index < -0.39 is 0 Å². The van der Waals surface area contributed by atoms with Gasteiger partial charge in [0.2, 0.25) is 0 Å². The van der Waals surface area contributed by atoms with Gasteiger partial charge in [-0.25, -0.2) is 4.39 Å². The predicted octanol–water partition coefficient (Wildman–Crippen LogP) is 3.25. The van der Waals surface area contributed by atoms with Gasteiger partial charge in [0.25, 0.3) is 0 Å². The highest BCUT2D eigenvalue weighted by molar-refractivity contribution is 5.21. The fourth-order valence-electron chi connectivity index (χ4n) is 0.887. The van der Waals surface area contributed by atoms with Gasteiger partial charge in [-0.05, 0) is 30.2 Å². The van der Waals surface area contributed by atoms with Gasteiger partial charge < -0.3 is 4.74 Å². The molecule has 0 aliphatic carbocycles. The molecule has 0 N–H and O–H groups in total. The Labute approximate surface area is 78.5 Å². The number of benzene rings is 1. The van der Waals surface area contributed by atoms with Gasteiger partial charge >= 0.3 is 0 Å². The van der Waals surface area contributed by atoms with E-state index in [0.717, 1.165) is 12.2 Å². The molecule has 13 heavy (non-hydrogen) atoms. The number of rotatable bonds is 4. The van der Waals surface area contributed by atoms with Gasteiger partial charge in [0.05, 0.1) is 6.61 Å². The van der Waals surface area contributed by atoms with Gasteiger partial charge in [0.15, 0.2) is 0 Å². The molecule has 0 saturated heterocycles. The highest BCUT2D eigenvalue weighted by Gasteiger charge is 1.99. The average Bonchev–Trinajstić information content (AvgIpc) is 2.16. The molecular formula is C11H15FO. The van der Waals surface area contributed by atoms with Crippen molar-refractivity contribution in [1.82, 2.24) is 0 Å². The Morgan fingerprint density at radius 1 is 1.31 bits per heavy atom. The number of hydrogen-bond donors (Lipinski definition) is 0. The second-order valence-corrected chi connectivity index (χ2v) is 3.28. The molecule has 0 amide bonds. The van der Waals surface area contributed by atoms with Crippen molar-refractivity contribution in [2.45, 2.75) is 20.3 Å². The van der Waals surface area contributed by atoms with Gasteiger partial charge in [-0.1, -0.05) is 20.3 Å². The lowest BCUT2D eigenvalue weighted by Gasteiger charge is -2.10. The molecule has 1 nitrogen and oxygen atoms in total. The number of halogens is 1. The molecule has 1 atom stereocenters. The summed E-state index contributed by atoms with van der Waals surface area (Å²) < 4.78 is 17.9. The van der Waals surface area contributed by atoms with E-state index in [0.29, 0.717) is 12.5 Å². The highest BCUT2D eigenvalue weighted by Crippen LogP contribution is 2.12. The van der Waals surface area contributed by atoms with Crippen LogP contribution >= 0.6 is 0 Å². The second-order valence-electron chi connectivity index (χ2n) is 3.28. The zero-order valence-corrected chi connectivity index (χ0v) is 8.09. The van der Waals surface area contributed by atoms with Crippen LogP contribution < -0.4 is 4.74 Å². The van der Waals surface area contributed by atoms with E-state index in [1.165, 1.54) is 12.1 Å². The molecule has 0 spiro atoms. The van der Waals surface area contributed by atoms with Crippen LogP contribution in [-0.4, -0.2) is 6.61 Å². The van der Waals surface area contributed by atoms with Crippen molar-refractivity contribution in [3.05, 3.63) is 30.1 Å². The van der Waals surface area contributed by atoms with Crippen LogP contribution in [0.4, 0.5) is 4.39 Å². The Kier molecular flexibility index (Phi) is 3.74. The minimum absolute atomic E-state index is 0.226. The van der Waals surface area contributed by atoms with E-state index in [1.54, 1.807) is 12.1 Å². The third-order valence-electron chi connectivity index (χ3n) is 2.05. The second kappa shape index (κ2) is 4.85. The van der Waals surface area contributed by atoms with E-state index >= 15 is 0 Å². The summed E-state index contributed by atoms with van der Waals surface area (Å²) in [5.41, 5.74) is 0. The lowest BCUT2D eigenvalue weighted by atomic mass is 10.1. The van der Waals surface area contributed by atoms with Crippen LogP contribution in [0.15, 0.2) is 24.3 Å². The fourth-order valence-corrected chi connectivity index (χ4v) is 0.887. The van der Waals surface area contributed by atoms with Crippen molar-refractivity contribution in [2.75, 3.05) is 6.61 Å². The third kappa shape index (κ3) is 3.45. The molecule has 72 valence electrons. The van der Waals surface area contributed by atoms with Crippen LogP contribution in [0.2, 0.25) is 0 Å². The number of ether oxygens (including phenoxy) is 1. The standard InChI is InChI=1S/C11H15FO/c1-3-9(2)8-13-11-6-4-10(12)5-7-11/h4-7,9H,3,8H2,1-2H3. The first-order valence-electron chi connectivity index (χ1n) is 4.60. The Hall–Kier alpha value is -1.05. The summed E-state index contributed by atoms with van der Waals surface area (Å²) in [6, 6.07) is 6.12. The lowest BCUT2D eigenvalue weighted by Crippen LogP contribution is -2.06. The molecule has 0 aromatic heterocycles. The van der Waals surface area contributed by atoms with Crippen LogP contribution in [0.3, 0.4) is 0 Å². The zero-order chi connectivity index (χ0) is 9.68. The summed E-state index contributed by atoms with van der Waals surface area (Å²) in [6.45, 7) is 4.95. The first kappa shape index (κ1) is 10.0. The van der Waals surface area contributed by atoms with Crippen LogP contribution in [0, 0.1) is 11.7 Å². The quantitative estimate of drug-likeness (QED) is 0.694. The molecule has 0 aliphatic rings. The summed E-state index contributed by atoms with van der Waals surface area (Å²) >= 11 is 0. The maximum atomic E-state index is 12.5. The van der Waals surface area contributed by atoms with Gasteiger partial charge in [0, 0.05) is 0 Å². The normalized spacial score (nSPS) is 12.5. The van der Waals surface area contributed by atoms with Crippen LogP contribution in [0.1, 0.15) is 20.3 Å². The largest absolute Gasteiger partial charge is 0.493 e. The van der Waals surface area contributed by atoms with E-state index in [9.17, 15) is 4.39 Å². The number of hydrogen-bond acceptors (Lipinski definition) is 1. The average molecular weight is 182 g/mol. The van der Waals surface area contributed by atoms with E-state index in [-0.39, 0.29) is 5.82 Å². The molecule has 1 unspecified atom stereocenters. The van der Waals surface area contributed by atoms with Crippen LogP contribution in [-0.2, 0) is 0 Å². The van der Waals surface area contributed by atoms with Gasteiger partial charge in [-0.3, -0.25) is 0 Å². The van der Waals surface area contributed by atoms with Crippen LogP contribution in [0.5, 0.6) is 5.75 Å². The fraction of sp³-hybridized carbons (Fsp3) is 0.455. The van der Waals surface area contributed by atoms with Crippen molar-refractivity contribution in [1.29, 1.82) is 0 Å². The van der Waals surface area contributed by atoms with E-state index in [1.807, 2.05) is 0 Å². The summed E-state index contributed by atoms with van der Waals surface area (Å²) in [5, 5.41) is 0. The molecule has 1 aromatic rings. The first-order chi connectivity index (χ1) is 6.22. The van der Waals surface area contributed by atoms with Crippen molar-refractivity contribution >= 4 is 0 Å². The van der Waals surface area contributed by atoms with Gasteiger partial charge in [-0.2, -0.15) is 0 Å². The molecule has 0 heterocycles. The first-order valence-corrected chi connectivity index (χ1v) is 4.60.